The van der Waals surface area contributed by atoms with Crippen LogP contribution in [0.15, 0.2) is 66.7 Å². The largest absolute Gasteiger partial charge is 0.134 e. The molecule has 0 amide bonds. The van der Waals surface area contributed by atoms with E-state index in [9.17, 15) is 0 Å². The molecule has 0 saturated carbocycles. The number of benzene rings is 2. The molecule has 1 radical (unpaired) electrons. The Bertz CT molecular complexity index is 577. The van der Waals surface area contributed by atoms with Crippen molar-refractivity contribution in [2.24, 2.45) is 0 Å². The molecule has 0 atom stereocenters. The van der Waals surface area contributed by atoms with Crippen molar-refractivity contribution in [3.8, 4) is 21.6 Å². The Morgan fingerprint density at radius 1 is 0.647 bits per heavy atom. The molecule has 2 aromatic carbocycles. The minimum atomic E-state index is 1.26. The summed E-state index contributed by atoms with van der Waals surface area (Å²) < 4.78 is 0. The predicted molar refractivity (Wildman–Crippen MR) is 74.0 cm³/mol. The van der Waals surface area contributed by atoms with Crippen molar-refractivity contribution in [3.05, 3.63) is 72.1 Å². The monoisotopic (exact) mass is 235 g/mol. The molecule has 1 aromatic heterocycles. The Labute approximate surface area is 105 Å². The SMILES string of the molecule is [c]1ccc(-c2ccc(-c3ccccc3)cc2)s1. The lowest BCUT2D eigenvalue weighted by Crippen LogP contribution is -1.77. The van der Waals surface area contributed by atoms with Gasteiger partial charge >= 0.3 is 0 Å². The lowest BCUT2D eigenvalue weighted by Gasteiger charge is -2.02. The topological polar surface area (TPSA) is 0 Å². The fraction of sp³-hybridized carbons (Fsp3) is 0. The summed E-state index contributed by atoms with van der Waals surface area (Å²) in [4.78, 5) is 1.27. The van der Waals surface area contributed by atoms with Crippen LogP contribution in [0.1, 0.15) is 0 Å². The Morgan fingerprint density at radius 3 is 1.94 bits per heavy atom. The second kappa shape index (κ2) is 4.56. The molecule has 0 aliphatic carbocycles. The first-order valence-corrected chi connectivity index (χ1v) is 6.37. The first-order chi connectivity index (χ1) is 8.43. The molecule has 1 heterocycles. The van der Waals surface area contributed by atoms with Gasteiger partial charge in [0.1, 0.15) is 0 Å². The van der Waals surface area contributed by atoms with E-state index in [1.165, 1.54) is 21.6 Å². The average molecular weight is 235 g/mol. The average Bonchev–Trinajstić information content (AvgIpc) is 2.94. The molecule has 0 spiro atoms. The van der Waals surface area contributed by atoms with Crippen LogP contribution < -0.4 is 0 Å². The molecule has 81 valence electrons. The Morgan fingerprint density at radius 2 is 1.29 bits per heavy atom. The van der Waals surface area contributed by atoms with E-state index in [0.717, 1.165) is 0 Å². The van der Waals surface area contributed by atoms with Crippen LogP contribution >= 0.6 is 11.3 Å². The molecule has 17 heavy (non-hydrogen) atoms. The minimum Gasteiger partial charge on any atom is -0.134 e. The van der Waals surface area contributed by atoms with Gasteiger partial charge in [0.15, 0.2) is 0 Å². The van der Waals surface area contributed by atoms with Crippen LogP contribution in [0, 0.1) is 5.38 Å². The van der Waals surface area contributed by atoms with Crippen molar-refractivity contribution >= 4 is 11.3 Å². The molecule has 0 N–H and O–H groups in total. The minimum absolute atomic E-state index is 1.26. The first kappa shape index (κ1) is 10.3. The molecule has 0 fully saturated rings. The molecule has 0 unspecified atom stereocenters. The van der Waals surface area contributed by atoms with Crippen LogP contribution in [0.25, 0.3) is 21.6 Å². The van der Waals surface area contributed by atoms with E-state index in [2.05, 4.69) is 60.0 Å². The summed E-state index contributed by atoms with van der Waals surface area (Å²) in [5.74, 6) is 0. The van der Waals surface area contributed by atoms with E-state index in [4.69, 9.17) is 0 Å². The van der Waals surface area contributed by atoms with Crippen molar-refractivity contribution in [3.63, 3.8) is 0 Å². The molecule has 0 saturated heterocycles. The number of thiophene rings is 1. The molecular weight excluding hydrogens is 224 g/mol. The van der Waals surface area contributed by atoms with Gasteiger partial charge in [-0.05, 0) is 28.8 Å². The fourth-order valence-corrected chi connectivity index (χ4v) is 2.51. The molecular formula is C16H11S. The van der Waals surface area contributed by atoms with Crippen LogP contribution in [-0.2, 0) is 0 Å². The lowest BCUT2D eigenvalue weighted by molar-refractivity contribution is 1.62. The van der Waals surface area contributed by atoms with Crippen LogP contribution in [0.2, 0.25) is 0 Å². The maximum atomic E-state index is 3.12. The summed E-state index contributed by atoms with van der Waals surface area (Å²) in [5, 5.41) is 3.12. The highest BCUT2D eigenvalue weighted by Gasteiger charge is 2.00. The Balaban J connectivity index is 1.96. The van der Waals surface area contributed by atoms with E-state index < -0.39 is 0 Å². The summed E-state index contributed by atoms with van der Waals surface area (Å²) in [6.45, 7) is 0. The van der Waals surface area contributed by atoms with Gasteiger partial charge < -0.3 is 0 Å². The smallest absolute Gasteiger partial charge is 0.0449 e. The molecule has 0 bridgehead atoms. The van der Waals surface area contributed by atoms with Gasteiger partial charge in [-0.2, -0.15) is 0 Å². The third-order valence-electron chi connectivity index (χ3n) is 2.75. The molecule has 0 aliphatic rings. The van der Waals surface area contributed by atoms with E-state index >= 15 is 0 Å². The Kier molecular flexibility index (Phi) is 2.76. The zero-order valence-electron chi connectivity index (χ0n) is 9.26. The van der Waals surface area contributed by atoms with Gasteiger partial charge in [0.05, 0.1) is 0 Å². The lowest BCUT2D eigenvalue weighted by atomic mass is 10.0. The van der Waals surface area contributed by atoms with E-state index in [-0.39, 0.29) is 0 Å². The zero-order valence-corrected chi connectivity index (χ0v) is 10.1. The summed E-state index contributed by atoms with van der Waals surface area (Å²) in [5.41, 5.74) is 3.78. The van der Waals surface area contributed by atoms with Gasteiger partial charge in [-0.3, -0.25) is 0 Å². The summed E-state index contributed by atoms with van der Waals surface area (Å²) in [6, 6.07) is 23.2. The summed E-state index contributed by atoms with van der Waals surface area (Å²) in [7, 11) is 0. The van der Waals surface area contributed by atoms with E-state index in [1.54, 1.807) is 11.3 Å². The van der Waals surface area contributed by atoms with Crippen LogP contribution in [0.3, 0.4) is 0 Å². The highest BCUT2D eigenvalue weighted by Crippen LogP contribution is 2.27. The van der Waals surface area contributed by atoms with E-state index in [0.29, 0.717) is 0 Å². The second-order valence-electron chi connectivity index (χ2n) is 3.86. The number of rotatable bonds is 2. The summed E-state index contributed by atoms with van der Waals surface area (Å²) in [6.07, 6.45) is 0. The maximum Gasteiger partial charge on any atom is 0.0449 e. The van der Waals surface area contributed by atoms with Crippen LogP contribution in [0.4, 0.5) is 0 Å². The number of hydrogen-bond donors (Lipinski definition) is 0. The quantitative estimate of drug-likeness (QED) is 0.593. The molecule has 3 rings (SSSR count). The van der Waals surface area contributed by atoms with Gasteiger partial charge in [-0.25, -0.2) is 0 Å². The summed E-state index contributed by atoms with van der Waals surface area (Å²) >= 11 is 1.65. The van der Waals surface area contributed by atoms with Gasteiger partial charge in [0.25, 0.3) is 0 Å². The van der Waals surface area contributed by atoms with Gasteiger partial charge in [0, 0.05) is 10.3 Å². The maximum absolute atomic E-state index is 3.12. The fourth-order valence-electron chi connectivity index (χ4n) is 1.85. The van der Waals surface area contributed by atoms with Crippen LogP contribution in [-0.4, -0.2) is 0 Å². The van der Waals surface area contributed by atoms with Gasteiger partial charge in [0.2, 0.25) is 0 Å². The third-order valence-corrected chi connectivity index (χ3v) is 3.59. The predicted octanol–water partition coefficient (Wildman–Crippen LogP) is 4.88. The highest BCUT2D eigenvalue weighted by molar-refractivity contribution is 7.13. The first-order valence-electron chi connectivity index (χ1n) is 5.55. The highest BCUT2D eigenvalue weighted by atomic mass is 32.1. The van der Waals surface area contributed by atoms with Gasteiger partial charge in [-0.1, -0.05) is 54.6 Å². The molecule has 1 heteroatoms. The van der Waals surface area contributed by atoms with Crippen molar-refractivity contribution < 1.29 is 0 Å². The molecule has 0 nitrogen and oxygen atoms in total. The standard InChI is InChI=1S/C16H11S/c1-2-5-13(6-3-1)14-8-10-15(11-9-14)16-7-4-12-17-16/h1-11H. The van der Waals surface area contributed by atoms with Crippen molar-refractivity contribution in [1.82, 2.24) is 0 Å². The number of hydrogen-bond acceptors (Lipinski definition) is 1. The van der Waals surface area contributed by atoms with Crippen molar-refractivity contribution in [1.29, 1.82) is 0 Å². The third kappa shape index (κ3) is 2.15. The van der Waals surface area contributed by atoms with Crippen molar-refractivity contribution in [2.45, 2.75) is 0 Å². The Hall–Kier alpha value is -1.86. The van der Waals surface area contributed by atoms with E-state index in [1.807, 2.05) is 12.1 Å². The molecule has 0 aliphatic heterocycles. The van der Waals surface area contributed by atoms with Gasteiger partial charge in [-0.15, -0.1) is 11.3 Å². The van der Waals surface area contributed by atoms with Crippen LogP contribution in [0.5, 0.6) is 0 Å². The van der Waals surface area contributed by atoms with Crippen molar-refractivity contribution in [2.75, 3.05) is 0 Å². The zero-order chi connectivity index (χ0) is 11.5. The normalized spacial score (nSPS) is 10.4. The second-order valence-corrected chi connectivity index (χ2v) is 4.74. The molecule has 3 aromatic rings.